The number of benzene rings is 1. The van der Waals surface area contributed by atoms with Gasteiger partial charge in [-0.25, -0.2) is 4.98 Å². The van der Waals surface area contributed by atoms with Gasteiger partial charge in [-0.1, -0.05) is 44.0 Å². The number of ketones is 1. The molecule has 0 spiro atoms. The van der Waals surface area contributed by atoms with Crippen molar-refractivity contribution >= 4 is 54.6 Å². The number of aryl methyl sites for hydroxylation is 1. The second kappa shape index (κ2) is 8.00. The van der Waals surface area contributed by atoms with E-state index >= 15 is 0 Å². The third-order valence-electron chi connectivity index (χ3n) is 2.98. The van der Waals surface area contributed by atoms with E-state index in [1.165, 1.54) is 0 Å². The summed E-state index contributed by atoms with van der Waals surface area (Å²) < 4.78 is 2.56. The number of alkyl halides is 1. The summed E-state index contributed by atoms with van der Waals surface area (Å²) in [5.41, 5.74) is 1.71. The van der Waals surface area contributed by atoms with Crippen LogP contribution < -0.4 is 5.49 Å². The molecule has 0 radical (unpaired) electrons. The molecule has 1 aromatic carbocycles. The smallest absolute Gasteiger partial charge is 0.182 e. The summed E-state index contributed by atoms with van der Waals surface area (Å²) in [5, 5.41) is 8.66. The first kappa shape index (κ1) is 18.3. The van der Waals surface area contributed by atoms with Crippen LogP contribution in [0.15, 0.2) is 34.9 Å². The normalized spacial score (nSPS) is 10.0. The van der Waals surface area contributed by atoms with Gasteiger partial charge < -0.3 is 4.57 Å². The van der Waals surface area contributed by atoms with Crippen LogP contribution in [0.5, 0.6) is 0 Å². The molecule has 0 atom stereocenters. The average Bonchev–Trinajstić information content (AvgIpc) is 2.44. The maximum Gasteiger partial charge on any atom is 0.182 e. The molecule has 1 N–H and O–H groups in total. The predicted molar refractivity (Wildman–Crippen MR) is 94.2 cm³/mol. The molecule has 0 aliphatic rings. The molecule has 0 fully saturated rings. The highest BCUT2D eigenvalue weighted by Gasteiger charge is 2.10. The maximum atomic E-state index is 12.3. The second-order valence-corrected chi connectivity index (χ2v) is 5.81. The first-order valence-electron chi connectivity index (χ1n) is 5.97. The lowest BCUT2D eigenvalue weighted by Crippen LogP contribution is -2.29. The van der Waals surface area contributed by atoms with Crippen molar-refractivity contribution in [1.29, 1.82) is 5.41 Å². The molecule has 0 aliphatic heterocycles. The van der Waals surface area contributed by atoms with Crippen molar-refractivity contribution in [2.45, 2.75) is 18.8 Å². The molecule has 0 aliphatic carbocycles. The van der Waals surface area contributed by atoms with Gasteiger partial charge in [0.05, 0.1) is 6.54 Å². The molecule has 0 bridgehead atoms. The molecular formula is C14H14Br3N3O. The largest absolute Gasteiger partial charge is 0.307 e. The lowest BCUT2D eigenvalue weighted by molar-refractivity contribution is 0.0968. The zero-order chi connectivity index (χ0) is 14.7. The fraction of sp³-hybridized carbons (Fsp3) is 0.214. The van der Waals surface area contributed by atoms with Gasteiger partial charge in [-0.05, 0) is 19.1 Å². The minimum Gasteiger partial charge on any atom is -0.307 e. The number of hydrogen-bond acceptors (Lipinski definition) is 3. The van der Waals surface area contributed by atoms with Gasteiger partial charge in [-0.2, -0.15) is 0 Å². The van der Waals surface area contributed by atoms with Gasteiger partial charge in [0, 0.05) is 27.1 Å². The highest BCUT2D eigenvalue weighted by atomic mass is 79.9. The van der Waals surface area contributed by atoms with Crippen molar-refractivity contribution in [3.8, 4) is 0 Å². The van der Waals surface area contributed by atoms with Crippen molar-refractivity contribution in [2.24, 2.45) is 0 Å². The Morgan fingerprint density at radius 2 is 1.95 bits per heavy atom. The molecule has 2 aromatic rings. The zero-order valence-electron chi connectivity index (χ0n) is 11.3. The van der Waals surface area contributed by atoms with Gasteiger partial charge in [-0.15, -0.1) is 17.0 Å². The Bertz CT molecular complexity index is 696. The van der Waals surface area contributed by atoms with Crippen molar-refractivity contribution in [3.05, 3.63) is 57.4 Å². The lowest BCUT2D eigenvalue weighted by Gasteiger charge is -2.11. The summed E-state index contributed by atoms with van der Waals surface area (Å²) in [6.45, 7) is 1.92. The van der Waals surface area contributed by atoms with Crippen LogP contribution in [0.25, 0.3) is 0 Å². The van der Waals surface area contributed by atoms with Crippen LogP contribution in [0, 0.1) is 12.3 Å². The molecule has 0 unspecified atom stereocenters. The van der Waals surface area contributed by atoms with Crippen LogP contribution in [0.1, 0.15) is 21.7 Å². The number of nitrogens with one attached hydrogen (secondary N) is 1. The number of halogens is 3. The third kappa shape index (κ3) is 4.34. The van der Waals surface area contributed by atoms with E-state index in [0.717, 1.165) is 10.0 Å². The number of nitrogens with zero attached hydrogens (tertiary/aromatic N) is 2. The topological polar surface area (TPSA) is 58.7 Å². The molecule has 0 saturated carbocycles. The molecule has 0 amide bonds. The van der Waals surface area contributed by atoms with Crippen molar-refractivity contribution < 1.29 is 4.79 Å². The first-order valence-corrected chi connectivity index (χ1v) is 7.89. The third-order valence-corrected chi connectivity index (χ3v) is 4.12. The number of Topliss-reactive ketones (excluding diaryl/α,β-unsaturated/α-hetero) is 1. The Kier molecular flexibility index (Phi) is 6.96. The van der Waals surface area contributed by atoms with Gasteiger partial charge in [0.15, 0.2) is 5.78 Å². The Morgan fingerprint density at radius 1 is 1.33 bits per heavy atom. The Morgan fingerprint density at radius 3 is 2.52 bits per heavy atom. The lowest BCUT2D eigenvalue weighted by atomic mass is 10.1. The monoisotopic (exact) mass is 477 g/mol. The van der Waals surface area contributed by atoms with Crippen molar-refractivity contribution in [2.75, 3.05) is 0 Å². The fourth-order valence-electron chi connectivity index (χ4n) is 1.80. The molecule has 112 valence electrons. The molecule has 2 rings (SSSR count). The number of rotatable bonds is 4. The molecular weight excluding hydrogens is 466 g/mol. The zero-order valence-corrected chi connectivity index (χ0v) is 16.2. The van der Waals surface area contributed by atoms with Crippen LogP contribution in [0.3, 0.4) is 0 Å². The standard InChI is InChI=1S/C14H13Br2N3O.BrH/c1-9-18-7-11(6-15)14(17)19(9)8-13(20)10-2-4-12(16)5-3-10;/h2-5,7,17H,6,8H2,1H3;1H. The van der Waals surface area contributed by atoms with E-state index in [2.05, 4.69) is 36.8 Å². The fourth-order valence-corrected chi connectivity index (χ4v) is 2.47. The minimum atomic E-state index is -0.0346. The predicted octanol–water partition coefficient (Wildman–Crippen LogP) is 3.79. The highest BCUT2D eigenvalue weighted by molar-refractivity contribution is 9.10. The molecule has 7 heteroatoms. The average molecular weight is 480 g/mol. The van der Waals surface area contributed by atoms with Crippen LogP contribution in [-0.2, 0) is 11.9 Å². The van der Waals surface area contributed by atoms with Gasteiger partial charge in [0.2, 0.25) is 0 Å². The highest BCUT2D eigenvalue weighted by Crippen LogP contribution is 2.11. The number of carbonyl (C=O) groups is 1. The summed E-state index contributed by atoms with van der Waals surface area (Å²) in [4.78, 5) is 16.5. The van der Waals surface area contributed by atoms with Crippen LogP contribution in [-0.4, -0.2) is 15.3 Å². The summed E-state index contributed by atoms with van der Waals surface area (Å²) >= 11 is 6.66. The van der Waals surface area contributed by atoms with Crippen LogP contribution in [0.4, 0.5) is 0 Å². The van der Waals surface area contributed by atoms with Gasteiger partial charge in [0.25, 0.3) is 0 Å². The Labute approximate surface area is 150 Å². The first-order chi connectivity index (χ1) is 9.52. The Hall–Kier alpha value is -0.790. The maximum absolute atomic E-state index is 12.3. The number of carbonyl (C=O) groups excluding carboxylic acids is 1. The molecule has 21 heavy (non-hydrogen) atoms. The van der Waals surface area contributed by atoms with E-state index in [1.807, 2.05) is 12.1 Å². The SMILES string of the molecule is Br.Cc1ncc(CBr)c(=N)n1CC(=O)c1ccc(Br)cc1. The van der Waals surface area contributed by atoms with Crippen LogP contribution in [0.2, 0.25) is 0 Å². The molecule has 0 saturated heterocycles. The Balaban J connectivity index is 0.00000220. The second-order valence-electron chi connectivity index (χ2n) is 4.33. The summed E-state index contributed by atoms with van der Waals surface area (Å²) in [5.74, 6) is 0.623. The van der Waals surface area contributed by atoms with E-state index in [-0.39, 0.29) is 29.3 Å². The van der Waals surface area contributed by atoms with Gasteiger partial charge in [0.1, 0.15) is 11.3 Å². The van der Waals surface area contributed by atoms with Crippen LogP contribution >= 0.6 is 48.8 Å². The number of hydrogen-bond donors (Lipinski definition) is 1. The van der Waals surface area contributed by atoms with E-state index in [9.17, 15) is 4.79 Å². The summed E-state index contributed by atoms with van der Waals surface area (Å²) in [7, 11) is 0. The van der Waals surface area contributed by atoms with E-state index in [0.29, 0.717) is 22.2 Å². The van der Waals surface area contributed by atoms with E-state index in [1.54, 1.807) is 29.8 Å². The minimum absolute atomic E-state index is 0. The van der Waals surface area contributed by atoms with Gasteiger partial charge >= 0.3 is 0 Å². The molecule has 4 nitrogen and oxygen atoms in total. The van der Waals surface area contributed by atoms with Crippen molar-refractivity contribution in [3.63, 3.8) is 0 Å². The summed E-state index contributed by atoms with van der Waals surface area (Å²) in [6.07, 6.45) is 1.66. The summed E-state index contributed by atoms with van der Waals surface area (Å²) in [6, 6.07) is 7.21. The van der Waals surface area contributed by atoms with E-state index in [4.69, 9.17) is 5.41 Å². The van der Waals surface area contributed by atoms with Gasteiger partial charge in [-0.3, -0.25) is 10.2 Å². The number of aromatic nitrogens is 2. The molecule has 1 heterocycles. The molecule has 1 aromatic heterocycles. The van der Waals surface area contributed by atoms with E-state index < -0.39 is 0 Å². The quantitative estimate of drug-likeness (QED) is 0.536. The van der Waals surface area contributed by atoms with Crippen molar-refractivity contribution in [1.82, 2.24) is 9.55 Å².